The molecule has 1 aromatic heterocycles. The Labute approximate surface area is 81.2 Å². The second-order valence-corrected chi connectivity index (χ2v) is 2.47. The summed E-state index contributed by atoms with van der Waals surface area (Å²) in [5, 5.41) is 6.39. The van der Waals surface area contributed by atoms with Gasteiger partial charge in [-0.15, -0.1) is 12.4 Å². The van der Waals surface area contributed by atoms with Gasteiger partial charge in [0.15, 0.2) is 0 Å². The van der Waals surface area contributed by atoms with Gasteiger partial charge in [-0.3, -0.25) is 5.10 Å². The largest absolute Gasteiger partial charge is 0.285 e. The number of nitrogens with zero attached hydrogens (tertiary/aromatic N) is 1. The molecule has 2 aromatic rings. The zero-order valence-electron chi connectivity index (χ0n) is 6.70. The molecule has 13 heavy (non-hydrogen) atoms. The van der Waals surface area contributed by atoms with Crippen molar-refractivity contribution < 1.29 is 4.39 Å². The minimum absolute atomic E-state index is 0. The molecule has 0 fully saturated rings. The van der Waals surface area contributed by atoms with Crippen LogP contribution in [0.25, 0.3) is 11.1 Å². The van der Waals surface area contributed by atoms with E-state index in [-0.39, 0.29) is 18.2 Å². The third-order valence-electron chi connectivity index (χ3n) is 1.68. The highest BCUT2D eigenvalue weighted by Gasteiger charge is 2.02. The molecule has 0 atom stereocenters. The van der Waals surface area contributed by atoms with E-state index in [1.54, 1.807) is 30.6 Å². The highest BCUT2D eigenvalue weighted by Crippen LogP contribution is 2.20. The van der Waals surface area contributed by atoms with E-state index in [9.17, 15) is 4.39 Å². The van der Waals surface area contributed by atoms with E-state index in [0.717, 1.165) is 5.56 Å². The SMILES string of the molecule is Cl.Fc1ccccc1-c1cn[nH]c1. The zero-order chi connectivity index (χ0) is 8.39. The molecule has 0 amide bonds. The number of halogens is 2. The number of aromatic amines is 1. The Bertz CT molecular complexity index is 373. The fourth-order valence-electron chi connectivity index (χ4n) is 1.09. The zero-order valence-corrected chi connectivity index (χ0v) is 7.51. The van der Waals surface area contributed by atoms with Crippen LogP contribution in [0.1, 0.15) is 0 Å². The van der Waals surface area contributed by atoms with Gasteiger partial charge in [0.25, 0.3) is 0 Å². The van der Waals surface area contributed by atoms with E-state index < -0.39 is 0 Å². The Hall–Kier alpha value is -1.35. The van der Waals surface area contributed by atoms with E-state index in [4.69, 9.17) is 0 Å². The fourth-order valence-corrected chi connectivity index (χ4v) is 1.09. The molecule has 1 heterocycles. The maximum Gasteiger partial charge on any atom is 0.131 e. The summed E-state index contributed by atoms with van der Waals surface area (Å²) >= 11 is 0. The molecule has 0 saturated carbocycles. The summed E-state index contributed by atoms with van der Waals surface area (Å²) in [5.41, 5.74) is 1.35. The minimum atomic E-state index is -0.223. The highest BCUT2D eigenvalue weighted by atomic mass is 35.5. The van der Waals surface area contributed by atoms with Crippen LogP contribution in [-0.2, 0) is 0 Å². The quantitative estimate of drug-likeness (QED) is 0.750. The summed E-state index contributed by atoms with van der Waals surface area (Å²) in [6, 6.07) is 6.62. The van der Waals surface area contributed by atoms with Gasteiger partial charge in [0.05, 0.1) is 6.20 Å². The van der Waals surface area contributed by atoms with Gasteiger partial charge in [-0.2, -0.15) is 5.10 Å². The lowest BCUT2D eigenvalue weighted by atomic mass is 10.1. The number of H-pyrrole nitrogens is 1. The number of rotatable bonds is 1. The van der Waals surface area contributed by atoms with Crippen LogP contribution >= 0.6 is 12.4 Å². The molecule has 0 unspecified atom stereocenters. The molecule has 2 rings (SSSR count). The predicted molar refractivity (Wildman–Crippen MR) is 51.2 cm³/mol. The maximum absolute atomic E-state index is 13.1. The molecule has 68 valence electrons. The number of hydrogen-bond acceptors (Lipinski definition) is 1. The van der Waals surface area contributed by atoms with Gasteiger partial charge in [0, 0.05) is 17.3 Å². The summed E-state index contributed by atoms with van der Waals surface area (Å²) in [7, 11) is 0. The van der Waals surface area contributed by atoms with Crippen LogP contribution in [0.3, 0.4) is 0 Å². The molecule has 0 aliphatic heterocycles. The highest BCUT2D eigenvalue weighted by molar-refractivity contribution is 5.85. The van der Waals surface area contributed by atoms with Crippen LogP contribution in [0.2, 0.25) is 0 Å². The molecule has 0 saturated heterocycles. The lowest BCUT2D eigenvalue weighted by Gasteiger charge is -1.96. The van der Waals surface area contributed by atoms with Crippen LogP contribution in [-0.4, -0.2) is 10.2 Å². The molecule has 0 spiro atoms. The molecule has 0 aliphatic carbocycles. The van der Waals surface area contributed by atoms with Crippen molar-refractivity contribution in [1.82, 2.24) is 10.2 Å². The van der Waals surface area contributed by atoms with Gasteiger partial charge in [0.1, 0.15) is 5.82 Å². The van der Waals surface area contributed by atoms with Crippen molar-refractivity contribution in [3.63, 3.8) is 0 Å². The summed E-state index contributed by atoms with van der Waals surface area (Å²) in [4.78, 5) is 0. The first-order valence-electron chi connectivity index (χ1n) is 3.61. The lowest BCUT2D eigenvalue weighted by molar-refractivity contribution is 0.631. The van der Waals surface area contributed by atoms with Crippen molar-refractivity contribution in [3.05, 3.63) is 42.5 Å². The molecular formula is C9H8ClFN2. The van der Waals surface area contributed by atoms with Crippen LogP contribution in [0.15, 0.2) is 36.7 Å². The second-order valence-electron chi connectivity index (χ2n) is 2.47. The Kier molecular flexibility index (Phi) is 3.03. The van der Waals surface area contributed by atoms with Crippen LogP contribution in [0.4, 0.5) is 4.39 Å². The lowest BCUT2D eigenvalue weighted by Crippen LogP contribution is -1.79. The van der Waals surface area contributed by atoms with E-state index in [0.29, 0.717) is 5.56 Å². The third-order valence-corrected chi connectivity index (χ3v) is 1.68. The van der Waals surface area contributed by atoms with Crippen molar-refractivity contribution in [2.75, 3.05) is 0 Å². The second kappa shape index (κ2) is 4.05. The smallest absolute Gasteiger partial charge is 0.131 e. The normalized spacial score (nSPS) is 9.31. The van der Waals surface area contributed by atoms with Crippen molar-refractivity contribution in [2.24, 2.45) is 0 Å². The van der Waals surface area contributed by atoms with Gasteiger partial charge in [-0.1, -0.05) is 18.2 Å². The Morgan fingerprint density at radius 1 is 1.23 bits per heavy atom. The monoisotopic (exact) mass is 198 g/mol. The number of benzene rings is 1. The molecule has 1 N–H and O–H groups in total. The average molecular weight is 199 g/mol. The standard InChI is InChI=1S/C9H7FN2.ClH/c10-9-4-2-1-3-8(9)7-5-11-12-6-7;/h1-6H,(H,11,12);1H. The van der Waals surface area contributed by atoms with Crippen molar-refractivity contribution in [2.45, 2.75) is 0 Å². The number of aromatic nitrogens is 2. The van der Waals surface area contributed by atoms with Gasteiger partial charge in [-0.25, -0.2) is 4.39 Å². The van der Waals surface area contributed by atoms with Gasteiger partial charge in [0.2, 0.25) is 0 Å². The van der Waals surface area contributed by atoms with Crippen molar-refractivity contribution >= 4 is 12.4 Å². The molecule has 1 aromatic carbocycles. The van der Waals surface area contributed by atoms with Crippen LogP contribution in [0, 0.1) is 5.82 Å². The van der Waals surface area contributed by atoms with Crippen LogP contribution in [0.5, 0.6) is 0 Å². The molecule has 0 bridgehead atoms. The fraction of sp³-hybridized carbons (Fsp3) is 0. The summed E-state index contributed by atoms with van der Waals surface area (Å²) in [6.07, 6.45) is 3.26. The first-order chi connectivity index (χ1) is 5.88. The van der Waals surface area contributed by atoms with E-state index in [1.165, 1.54) is 6.07 Å². The third kappa shape index (κ3) is 1.87. The average Bonchev–Trinajstić information content (AvgIpc) is 2.57. The first kappa shape index (κ1) is 9.74. The Balaban J connectivity index is 0.000000845. The molecular weight excluding hydrogens is 191 g/mol. The first-order valence-corrected chi connectivity index (χ1v) is 3.61. The van der Waals surface area contributed by atoms with Gasteiger partial charge >= 0.3 is 0 Å². The Morgan fingerprint density at radius 2 is 2.00 bits per heavy atom. The topological polar surface area (TPSA) is 28.7 Å². The molecule has 2 nitrogen and oxygen atoms in total. The summed E-state index contributed by atoms with van der Waals surface area (Å²) < 4.78 is 13.1. The van der Waals surface area contributed by atoms with Crippen LogP contribution < -0.4 is 0 Å². The van der Waals surface area contributed by atoms with E-state index in [2.05, 4.69) is 10.2 Å². The number of hydrogen-bond donors (Lipinski definition) is 1. The number of nitrogens with one attached hydrogen (secondary N) is 1. The van der Waals surface area contributed by atoms with E-state index >= 15 is 0 Å². The van der Waals surface area contributed by atoms with Gasteiger partial charge in [-0.05, 0) is 6.07 Å². The summed E-state index contributed by atoms with van der Waals surface area (Å²) in [5.74, 6) is -0.223. The predicted octanol–water partition coefficient (Wildman–Crippen LogP) is 2.64. The van der Waals surface area contributed by atoms with Crippen molar-refractivity contribution in [3.8, 4) is 11.1 Å². The maximum atomic E-state index is 13.1. The Morgan fingerprint density at radius 3 is 2.62 bits per heavy atom. The minimum Gasteiger partial charge on any atom is -0.285 e. The van der Waals surface area contributed by atoms with Gasteiger partial charge < -0.3 is 0 Å². The molecule has 0 aliphatic rings. The molecule has 4 heteroatoms. The summed E-state index contributed by atoms with van der Waals surface area (Å²) in [6.45, 7) is 0. The van der Waals surface area contributed by atoms with E-state index in [1.807, 2.05) is 0 Å². The van der Waals surface area contributed by atoms with Crippen molar-refractivity contribution in [1.29, 1.82) is 0 Å². The molecule has 0 radical (unpaired) electrons.